The molecule has 138 valence electrons. The molecule has 1 fully saturated rings. The zero-order chi connectivity index (χ0) is 16.3. The maximum absolute atomic E-state index is 12.1. The smallest absolute Gasteiger partial charge is 0.239 e. The quantitative estimate of drug-likeness (QED) is 0.655. The lowest BCUT2D eigenvalue weighted by atomic mass is 10.1. The van der Waals surface area contributed by atoms with Crippen molar-refractivity contribution in [1.29, 1.82) is 0 Å². The minimum absolute atomic E-state index is 0. The van der Waals surface area contributed by atoms with E-state index in [1.54, 1.807) is 11.3 Å². The van der Waals surface area contributed by atoms with Crippen molar-refractivity contribution in [1.82, 2.24) is 15.6 Å². The van der Waals surface area contributed by atoms with E-state index in [0.717, 1.165) is 23.5 Å². The average molecular weight is 397 g/mol. The van der Waals surface area contributed by atoms with Gasteiger partial charge in [-0.15, -0.1) is 36.2 Å². The molecule has 6 nitrogen and oxygen atoms in total. The third-order valence-electron chi connectivity index (χ3n) is 3.76. The van der Waals surface area contributed by atoms with Gasteiger partial charge in [-0.2, -0.15) is 0 Å². The summed E-state index contributed by atoms with van der Waals surface area (Å²) in [7, 11) is 0. The molecule has 2 amide bonds. The van der Waals surface area contributed by atoms with Crippen LogP contribution in [-0.2, 0) is 9.59 Å². The van der Waals surface area contributed by atoms with Gasteiger partial charge in [0.2, 0.25) is 11.8 Å². The van der Waals surface area contributed by atoms with Crippen LogP contribution in [0.5, 0.6) is 0 Å². The van der Waals surface area contributed by atoms with Gasteiger partial charge in [-0.25, -0.2) is 4.98 Å². The van der Waals surface area contributed by atoms with Crippen LogP contribution < -0.4 is 16.4 Å². The predicted octanol–water partition coefficient (Wildman–Crippen LogP) is 1.96. The van der Waals surface area contributed by atoms with Gasteiger partial charge in [0.05, 0.1) is 18.6 Å². The van der Waals surface area contributed by atoms with Crippen molar-refractivity contribution in [3.8, 4) is 0 Å². The van der Waals surface area contributed by atoms with E-state index in [2.05, 4.69) is 15.6 Å². The maximum Gasteiger partial charge on any atom is 0.239 e. The summed E-state index contributed by atoms with van der Waals surface area (Å²) in [4.78, 5) is 28.3. The highest BCUT2D eigenvalue weighted by atomic mass is 35.5. The van der Waals surface area contributed by atoms with Crippen molar-refractivity contribution >= 4 is 48.0 Å². The molecule has 0 aliphatic heterocycles. The van der Waals surface area contributed by atoms with Gasteiger partial charge in [-0.3, -0.25) is 9.59 Å². The second-order valence-electron chi connectivity index (χ2n) is 6.20. The molecule has 1 heterocycles. The normalized spacial score (nSPS) is 15.7. The number of nitrogens with one attached hydrogen (secondary N) is 2. The molecule has 0 saturated heterocycles. The molecule has 24 heavy (non-hydrogen) atoms. The Hall–Kier alpha value is -0.890. The molecule has 1 aliphatic carbocycles. The number of nitrogens with two attached hydrogens (primary N) is 1. The zero-order valence-corrected chi connectivity index (χ0v) is 16.5. The molecule has 2 atom stereocenters. The van der Waals surface area contributed by atoms with Crippen LogP contribution in [0.1, 0.15) is 43.4 Å². The minimum Gasteiger partial charge on any atom is -0.346 e. The van der Waals surface area contributed by atoms with Crippen LogP contribution in [0.25, 0.3) is 0 Å². The van der Waals surface area contributed by atoms with Crippen LogP contribution >= 0.6 is 36.2 Å². The highest BCUT2D eigenvalue weighted by molar-refractivity contribution is 7.09. The van der Waals surface area contributed by atoms with Crippen LogP contribution in [-0.4, -0.2) is 29.4 Å². The summed E-state index contributed by atoms with van der Waals surface area (Å²) in [6, 6.07) is -0.629. The maximum atomic E-state index is 12.1. The van der Waals surface area contributed by atoms with E-state index in [0.29, 0.717) is 5.92 Å². The average Bonchev–Trinajstić information content (AvgIpc) is 3.22. The SMILES string of the molecule is Cc1csc(C(NC(=O)CNC(=O)[C@@H](N)C(C)C)C2CC2)n1.Cl.Cl. The molecule has 4 N–H and O–H groups in total. The van der Waals surface area contributed by atoms with Crippen LogP contribution in [0.4, 0.5) is 0 Å². The number of aryl methyl sites for hydroxylation is 1. The van der Waals surface area contributed by atoms with Crippen LogP contribution in [0.2, 0.25) is 0 Å². The largest absolute Gasteiger partial charge is 0.346 e. The van der Waals surface area contributed by atoms with E-state index < -0.39 is 6.04 Å². The number of amides is 2. The Morgan fingerprint density at radius 2 is 2.00 bits per heavy atom. The summed E-state index contributed by atoms with van der Waals surface area (Å²) in [6.45, 7) is 5.64. The van der Waals surface area contributed by atoms with E-state index in [4.69, 9.17) is 5.73 Å². The van der Waals surface area contributed by atoms with Crippen molar-refractivity contribution in [2.45, 2.75) is 45.7 Å². The van der Waals surface area contributed by atoms with Gasteiger partial charge in [0, 0.05) is 11.1 Å². The number of halogens is 2. The Morgan fingerprint density at radius 3 is 2.46 bits per heavy atom. The van der Waals surface area contributed by atoms with Crippen LogP contribution in [0.3, 0.4) is 0 Å². The molecule has 1 saturated carbocycles. The second-order valence-corrected chi connectivity index (χ2v) is 7.09. The molecule has 0 radical (unpaired) electrons. The molecule has 1 aromatic rings. The Labute approximate surface area is 159 Å². The molecule has 1 unspecified atom stereocenters. The number of hydrogen-bond acceptors (Lipinski definition) is 5. The number of carbonyl (C=O) groups excluding carboxylic acids is 2. The monoisotopic (exact) mass is 396 g/mol. The molecule has 1 aromatic heterocycles. The summed E-state index contributed by atoms with van der Waals surface area (Å²) in [5.41, 5.74) is 6.72. The van der Waals surface area contributed by atoms with E-state index in [-0.39, 0.29) is 55.1 Å². The zero-order valence-electron chi connectivity index (χ0n) is 14.1. The van der Waals surface area contributed by atoms with Gasteiger partial charge in [-0.1, -0.05) is 13.8 Å². The van der Waals surface area contributed by atoms with E-state index in [1.807, 2.05) is 26.2 Å². The summed E-state index contributed by atoms with van der Waals surface area (Å²) >= 11 is 1.57. The van der Waals surface area contributed by atoms with Crippen LogP contribution in [0.15, 0.2) is 5.38 Å². The number of thiazole rings is 1. The fourth-order valence-corrected chi connectivity index (χ4v) is 3.08. The third-order valence-corrected chi connectivity index (χ3v) is 4.80. The lowest BCUT2D eigenvalue weighted by Crippen LogP contribution is -2.47. The number of nitrogens with zero attached hydrogens (tertiary/aromatic N) is 1. The van der Waals surface area contributed by atoms with Gasteiger partial charge in [0.25, 0.3) is 0 Å². The van der Waals surface area contributed by atoms with E-state index in [1.165, 1.54) is 0 Å². The molecule has 9 heteroatoms. The van der Waals surface area contributed by atoms with Crippen molar-refractivity contribution in [2.24, 2.45) is 17.6 Å². The minimum atomic E-state index is -0.589. The van der Waals surface area contributed by atoms with Gasteiger partial charge in [-0.05, 0) is 31.6 Å². The molecular weight excluding hydrogens is 371 g/mol. The molecule has 0 aromatic carbocycles. The molecule has 1 aliphatic rings. The Morgan fingerprint density at radius 1 is 1.38 bits per heavy atom. The van der Waals surface area contributed by atoms with Crippen molar-refractivity contribution < 1.29 is 9.59 Å². The summed E-state index contributed by atoms with van der Waals surface area (Å²) in [6.07, 6.45) is 2.21. The van der Waals surface area contributed by atoms with Crippen molar-refractivity contribution in [3.05, 3.63) is 16.1 Å². The first-order chi connectivity index (χ1) is 10.4. The predicted molar refractivity (Wildman–Crippen MR) is 101 cm³/mol. The van der Waals surface area contributed by atoms with Gasteiger partial charge in [0.15, 0.2) is 0 Å². The standard InChI is InChI=1S/C15H24N4O2S.2ClH/c1-8(2)12(16)14(21)17-6-11(20)19-13(10-4-5-10)15-18-9(3)7-22-15;;/h7-8,10,12-13H,4-6,16H2,1-3H3,(H,17,21)(H,19,20);2*1H/t12-,13?;;/m0../s1. The molecule has 2 rings (SSSR count). The number of carbonyl (C=O) groups is 2. The van der Waals surface area contributed by atoms with Crippen molar-refractivity contribution in [3.63, 3.8) is 0 Å². The molecule has 0 bridgehead atoms. The van der Waals surface area contributed by atoms with Gasteiger partial charge < -0.3 is 16.4 Å². The Balaban J connectivity index is 0.00000264. The number of aromatic nitrogens is 1. The Kier molecular flexibility index (Phi) is 9.80. The summed E-state index contributed by atoms with van der Waals surface area (Å²) in [5, 5.41) is 8.51. The van der Waals surface area contributed by atoms with E-state index in [9.17, 15) is 9.59 Å². The first-order valence-electron chi connectivity index (χ1n) is 7.63. The summed E-state index contributed by atoms with van der Waals surface area (Å²) in [5.74, 6) is 0.0102. The molecule has 0 spiro atoms. The topological polar surface area (TPSA) is 97.1 Å². The first-order valence-corrected chi connectivity index (χ1v) is 8.51. The second kappa shape index (κ2) is 10.2. The number of rotatable bonds is 7. The lowest BCUT2D eigenvalue weighted by Gasteiger charge is -2.18. The highest BCUT2D eigenvalue weighted by Gasteiger charge is 2.35. The lowest BCUT2D eigenvalue weighted by molar-refractivity contribution is -0.127. The van der Waals surface area contributed by atoms with Crippen molar-refractivity contribution in [2.75, 3.05) is 6.54 Å². The third kappa shape index (κ3) is 6.55. The Bertz CT molecular complexity index is 549. The molecular formula is C15H26Cl2N4O2S. The fourth-order valence-electron chi connectivity index (χ4n) is 2.14. The van der Waals surface area contributed by atoms with Gasteiger partial charge >= 0.3 is 0 Å². The first kappa shape index (κ1) is 23.1. The fraction of sp³-hybridized carbons (Fsp3) is 0.667. The highest BCUT2D eigenvalue weighted by Crippen LogP contribution is 2.41. The number of hydrogen-bond donors (Lipinski definition) is 3. The van der Waals surface area contributed by atoms with E-state index >= 15 is 0 Å². The van der Waals surface area contributed by atoms with Gasteiger partial charge in [0.1, 0.15) is 5.01 Å². The summed E-state index contributed by atoms with van der Waals surface area (Å²) < 4.78 is 0. The van der Waals surface area contributed by atoms with Crippen LogP contribution in [0, 0.1) is 18.8 Å².